The molecular formula is C8H22Ar. The van der Waals surface area contributed by atoms with Crippen molar-refractivity contribution in [2.75, 3.05) is 0 Å². The molecule has 0 rings (SSSR count). The number of hydrogen-bond acceptors (Lipinski definition) is 0. The maximum absolute atomic E-state index is 2.18. The van der Waals surface area contributed by atoms with E-state index in [1.54, 1.807) is 0 Å². The molecule has 1 heteroatoms. The Morgan fingerprint density at radius 3 is 0.778 bits per heavy atom. The summed E-state index contributed by atoms with van der Waals surface area (Å²) in [6.07, 6.45) is 2.64. The van der Waals surface area contributed by atoms with Gasteiger partial charge in [-0.15, -0.1) is 0 Å². The summed E-state index contributed by atoms with van der Waals surface area (Å²) in [4.78, 5) is 0. The minimum Gasteiger partial charge on any atom is -0.0683 e. The molecule has 0 atom stereocenters. The summed E-state index contributed by atoms with van der Waals surface area (Å²) in [7, 11) is 0. The molecule has 0 aromatic carbocycles. The van der Waals surface area contributed by atoms with E-state index >= 15 is 0 Å². The van der Waals surface area contributed by atoms with E-state index in [9.17, 15) is 0 Å². The molecule has 0 unspecified atom stereocenters. The van der Waals surface area contributed by atoms with E-state index in [4.69, 9.17) is 0 Å². The largest absolute Gasteiger partial charge is 0.0683 e. The molecule has 9 heavy (non-hydrogen) atoms. The second-order valence-corrected chi connectivity index (χ2v) is 1.000. The van der Waals surface area contributed by atoms with Crippen LogP contribution < -0.4 is 0 Å². The van der Waals surface area contributed by atoms with Gasteiger partial charge in [0.15, 0.2) is 0 Å². The van der Waals surface area contributed by atoms with Crippen molar-refractivity contribution in [1.82, 2.24) is 0 Å². The van der Waals surface area contributed by atoms with Gasteiger partial charge in [-0.05, 0) is 0 Å². The maximum atomic E-state index is 2.18. The summed E-state index contributed by atoms with van der Waals surface area (Å²) < 4.78 is 0. The Hall–Kier alpha value is 1.26. The molecule has 0 aliphatic rings. The Morgan fingerprint density at radius 2 is 0.778 bits per heavy atom. The van der Waals surface area contributed by atoms with Crippen LogP contribution >= 0.6 is 0 Å². The van der Waals surface area contributed by atoms with Gasteiger partial charge in [0.05, 0.1) is 0 Å². The Morgan fingerprint density at radius 1 is 0.667 bits per heavy atom. The van der Waals surface area contributed by atoms with Crippen LogP contribution in [0.15, 0.2) is 0 Å². The average Bonchev–Trinajstić information content (AvgIpc) is 1.96. The zero-order valence-corrected chi connectivity index (χ0v) is 8.47. The van der Waals surface area contributed by atoms with Crippen LogP contribution in [0.5, 0.6) is 0 Å². The fourth-order valence-electron chi connectivity index (χ4n) is 0. The maximum Gasteiger partial charge on any atom is 0 e. The van der Waals surface area contributed by atoms with Gasteiger partial charge in [0.1, 0.15) is 0 Å². The Balaban J connectivity index is -0.0000000221. The van der Waals surface area contributed by atoms with Crippen LogP contribution in [-0.2, 0) is 0 Å². The molecule has 0 nitrogen and oxygen atoms in total. The first-order valence-corrected chi connectivity index (χ1v) is 3.91. The van der Waals surface area contributed by atoms with Crippen LogP contribution in [0.1, 0.15) is 54.4 Å². The smallest absolute Gasteiger partial charge is 0 e. The Labute approximate surface area is 91.4 Å². The molecule has 0 saturated carbocycles. The third kappa shape index (κ3) is 95.6. The molecule has 0 saturated heterocycles. The summed E-state index contributed by atoms with van der Waals surface area (Å²) in [6, 6.07) is 0. The van der Waals surface area contributed by atoms with Crippen molar-refractivity contribution in [3.63, 3.8) is 0 Å². The third-order valence-corrected chi connectivity index (χ3v) is 0.500. The molecule has 0 fully saturated rings. The number of hydrogen-bond donors (Lipinski definition) is 0. The van der Waals surface area contributed by atoms with Crippen LogP contribution in [-0.4, -0.2) is 0 Å². The second-order valence-electron chi connectivity index (χ2n) is 1.000. The summed E-state index contributed by atoms with van der Waals surface area (Å²) in [5.74, 6) is 0. The Kier molecular flexibility index (Phi) is 148. The van der Waals surface area contributed by atoms with Crippen LogP contribution in [0.4, 0.5) is 0 Å². The fraction of sp³-hybridized carbons (Fsp3) is 1.00. The standard InChI is InChI=1S/C4H10.2C2H6.Ar/c1-3-4-2;2*1-2;/h3-4H2,1-2H3;2*1-2H3;. The number of rotatable bonds is 1. The van der Waals surface area contributed by atoms with Crippen molar-refractivity contribution < 1.29 is 37.7 Å². The summed E-state index contributed by atoms with van der Waals surface area (Å²) in [5.41, 5.74) is 0. The molecule has 0 radical (unpaired) electrons. The minimum atomic E-state index is 0. The third-order valence-electron chi connectivity index (χ3n) is 0.500. The molecule has 0 amide bonds. The first kappa shape index (κ1) is 22.5. The Bertz CT molecular complexity index is 6.53. The summed E-state index contributed by atoms with van der Waals surface area (Å²) >= 11 is 0. The van der Waals surface area contributed by atoms with Gasteiger partial charge >= 0.3 is 0 Å². The van der Waals surface area contributed by atoms with Gasteiger partial charge in [0.25, 0.3) is 0 Å². The van der Waals surface area contributed by atoms with Crippen LogP contribution in [0.3, 0.4) is 0 Å². The molecule has 0 aromatic rings. The predicted molar refractivity (Wildman–Crippen MR) is 43.3 cm³/mol. The monoisotopic (exact) mass is 158 g/mol. The quantitative estimate of drug-likeness (QED) is 0.543. The van der Waals surface area contributed by atoms with Gasteiger partial charge in [0.2, 0.25) is 0 Å². The van der Waals surface area contributed by atoms with E-state index < -0.39 is 0 Å². The van der Waals surface area contributed by atoms with Crippen molar-refractivity contribution in [3.05, 3.63) is 0 Å². The van der Waals surface area contributed by atoms with E-state index in [-0.39, 0.29) is 37.7 Å². The molecule has 0 spiro atoms. The molecule has 0 N–H and O–H groups in total. The zero-order valence-electron chi connectivity index (χ0n) is 7.77. The van der Waals surface area contributed by atoms with Crippen molar-refractivity contribution in [3.8, 4) is 0 Å². The van der Waals surface area contributed by atoms with Crippen molar-refractivity contribution >= 4 is 0 Å². The first-order valence-electron chi connectivity index (χ1n) is 3.91. The van der Waals surface area contributed by atoms with Gasteiger partial charge in [-0.3, -0.25) is 0 Å². The van der Waals surface area contributed by atoms with Gasteiger partial charge in [-0.2, -0.15) is 0 Å². The SMILES string of the molecule is CC.CC.CCCC.[Ar]. The van der Waals surface area contributed by atoms with Crippen LogP contribution in [0, 0.1) is 37.7 Å². The molecular weight excluding hydrogens is 136 g/mol. The molecule has 0 aliphatic carbocycles. The molecule has 0 bridgehead atoms. The van der Waals surface area contributed by atoms with Gasteiger partial charge in [-0.1, -0.05) is 54.4 Å². The van der Waals surface area contributed by atoms with Crippen LogP contribution in [0.25, 0.3) is 0 Å². The van der Waals surface area contributed by atoms with E-state index in [1.165, 1.54) is 12.8 Å². The van der Waals surface area contributed by atoms with Gasteiger partial charge in [0, 0.05) is 37.7 Å². The summed E-state index contributed by atoms with van der Waals surface area (Å²) in [5, 5.41) is 0. The molecule has 0 aromatic heterocycles. The normalized spacial score (nSPS) is 4.67. The predicted octanol–water partition coefficient (Wildman–Crippen LogP) is 3.86. The van der Waals surface area contributed by atoms with Gasteiger partial charge < -0.3 is 0 Å². The van der Waals surface area contributed by atoms with Crippen molar-refractivity contribution in [2.45, 2.75) is 54.4 Å². The molecule has 0 heterocycles. The average molecular weight is 158 g/mol. The molecule has 0 aliphatic heterocycles. The summed E-state index contributed by atoms with van der Waals surface area (Å²) in [6.45, 7) is 12.4. The first-order chi connectivity index (χ1) is 3.91. The van der Waals surface area contributed by atoms with E-state index in [1.807, 2.05) is 27.7 Å². The van der Waals surface area contributed by atoms with Gasteiger partial charge in [-0.25, -0.2) is 0 Å². The topological polar surface area (TPSA) is 0 Å². The minimum absolute atomic E-state index is 0. The second kappa shape index (κ2) is 59.5. The van der Waals surface area contributed by atoms with Crippen molar-refractivity contribution in [1.29, 1.82) is 0 Å². The van der Waals surface area contributed by atoms with E-state index in [2.05, 4.69) is 13.8 Å². The number of unbranched alkanes of at least 4 members (excludes halogenated alkanes) is 1. The van der Waals surface area contributed by atoms with E-state index in [0.29, 0.717) is 0 Å². The zero-order chi connectivity index (χ0) is 7.41. The van der Waals surface area contributed by atoms with E-state index in [0.717, 1.165) is 0 Å². The van der Waals surface area contributed by atoms with Crippen LogP contribution in [0.2, 0.25) is 0 Å². The van der Waals surface area contributed by atoms with Crippen molar-refractivity contribution in [2.24, 2.45) is 0 Å². The molecule has 62 valence electrons. The fourth-order valence-corrected chi connectivity index (χ4v) is 0.